The van der Waals surface area contributed by atoms with Gasteiger partial charge in [-0.2, -0.15) is 0 Å². The molecule has 1 N–H and O–H groups in total. The number of carbonyl (C=O) groups excluding carboxylic acids is 1. The Labute approximate surface area is 143 Å². The number of nitrogens with one attached hydrogen (secondary N) is 1. The second-order valence-electron chi connectivity index (χ2n) is 6.56. The molecule has 0 saturated carbocycles. The second-order valence-corrected chi connectivity index (χ2v) is 9.31. The van der Waals surface area contributed by atoms with Crippen LogP contribution < -0.4 is 5.32 Å². The summed E-state index contributed by atoms with van der Waals surface area (Å²) >= 11 is 0. The summed E-state index contributed by atoms with van der Waals surface area (Å²) in [5, 5.41) is 2.83. The van der Waals surface area contributed by atoms with Gasteiger partial charge in [-0.15, -0.1) is 0 Å². The molecule has 0 spiro atoms. The fraction of sp³-hybridized carbons (Fsp3) is 0.333. The Balaban J connectivity index is 2.26. The third-order valence-corrected chi connectivity index (χ3v) is 6.24. The van der Waals surface area contributed by atoms with Crippen LogP contribution in [0.15, 0.2) is 54.9 Å². The SMILES string of the molecule is CC(C)(C)S(=O)(=O)CC(=O)N[C@@H](c1ccccc1)c1ccncc1. The monoisotopic (exact) mass is 346 g/mol. The molecular weight excluding hydrogens is 324 g/mol. The molecule has 0 unspecified atom stereocenters. The van der Waals surface area contributed by atoms with Gasteiger partial charge in [0.25, 0.3) is 0 Å². The smallest absolute Gasteiger partial charge is 0.235 e. The van der Waals surface area contributed by atoms with E-state index in [4.69, 9.17) is 0 Å². The second kappa shape index (κ2) is 7.13. The summed E-state index contributed by atoms with van der Waals surface area (Å²) in [5.74, 6) is -1.05. The first-order valence-corrected chi connectivity index (χ1v) is 9.32. The molecule has 0 fully saturated rings. The van der Waals surface area contributed by atoms with E-state index in [1.165, 1.54) is 0 Å². The molecule has 1 amide bonds. The number of hydrogen-bond donors (Lipinski definition) is 1. The third-order valence-electron chi connectivity index (χ3n) is 3.73. The first kappa shape index (κ1) is 18.1. The maximum Gasteiger partial charge on any atom is 0.235 e. The van der Waals surface area contributed by atoms with Gasteiger partial charge >= 0.3 is 0 Å². The quantitative estimate of drug-likeness (QED) is 0.902. The van der Waals surface area contributed by atoms with Crippen molar-refractivity contribution in [1.82, 2.24) is 10.3 Å². The molecular formula is C18H22N2O3S. The lowest BCUT2D eigenvalue weighted by molar-refractivity contribution is -0.119. The normalized spacial score (nSPS) is 13.3. The average Bonchev–Trinajstić information content (AvgIpc) is 2.53. The first-order valence-electron chi connectivity index (χ1n) is 7.67. The Hall–Kier alpha value is -2.21. The summed E-state index contributed by atoms with van der Waals surface area (Å²) in [6, 6.07) is 12.6. The molecule has 1 aromatic carbocycles. The van der Waals surface area contributed by atoms with Gasteiger partial charge in [0.05, 0.1) is 10.8 Å². The van der Waals surface area contributed by atoms with Crippen LogP contribution in [0.2, 0.25) is 0 Å². The van der Waals surface area contributed by atoms with Crippen molar-refractivity contribution in [2.75, 3.05) is 5.75 Å². The molecule has 5 nitrogen and oxygen atoms in total. The molecule has 0 aliphatic heterocycles. The van der Waals surface area contributed by atoms with E-state index >= 15 is 0 Å². The van der Waals surface area contributed by atoms with E-state index in [2.05, 4.69) is 10.3 Å². The molecule has 0 aliphatic carbocycles. The molecule has 0 aliphatic rings. The van der Waals surface area contributed by atoms with E-state index in [-0.39, 0.29) is 0 Å². The number of aromatic nitrogens is 1. The fourth-order valence-corrected chi connectivity index (χ4v) is 3.01. The Morgan fingerprint density at radius 3 is 2.12 bits per heavy atom. The third kappa shape index (κ3) is 4.41. The highest BCUT2D eigenvalue weighted by atomic mass is 32.2. The van der Waals surface area contributed by atoms with Gasteiger partial charge in [0.15, 0.2) is 9.84 Å². The van der Waals surface area contributed by atoms with Crippen molar-refractivity contribution < 1.29 is 13.2 Å². The minimum atomic E-state index is -3.53. The summed E-state index contributed by atoms with van der Waals surface area (Å²) in [4.78, 5) is 16.3. The van der Waals surface area contributed by atoms with E-state index in [0.29, 0.717) is 0 Å². The predicted octanol–water partition coefficient (Wildman–Crippen LogP) is 2.50. The standard InChI is InChI=1S/C18H22N2O3S/c1-18(2,3)24(22,23)13-16(21)20-17(14-7-5-4-6-8-14)15-9-11-19-12-10-15/h4-12,17H,13H2,1-3H3,(H,20,21)/t17-/m0/s1. The van der Waals surface area contributed by atoms with Crippen LogP contribution >= 0.6 is 0 Å². The highest BCUT2D eigenvalue weighted by molar-refractivity contribution is 7.93. The Morgan fingerprint density at radius 1 is 1.04 bits per heavy atom. The molecule has 128 valence electrons. The van der Waals surface area contributed by atoms with Crippen LogP contribution in [0.4, 0.5) is 0 Å². The van der Waals surface area contributed by atoms with Crippen LogP contribution in [0.3, 0.4) is 0 Å². The molecule has 24 heavy (non-hydrogen) atoms. The summed E-state index contributed by atoms with van der Waals surface area (Å²) < 4.78 is 23.5. The number of benzene rings is 1. The van der Waals surface area contributed by atoms with Crippen molar-refractivity contribution >= 4 is 15.7 Å². The van der Waals surface area contributed by atoms with Gasteiger partial charge in [0, 0.05) is 12.4 Å². The molecule has 0 radical (unpaired) electrons. The number of pyridine rings is 1. The van der Waals surface area contributed by atoms with Crippen LogP contribution in [0, 0.1) is 0 Å². The van der Waals surface area contributed by atoms with E-state index < -0.39 is 32.3 Å². The van der Waals surface area contributed by atoms with Crippen LogP contribution in [0.5, 0.6) is 0 Å². The Bertz CT molecular complexity index is 743. The van der Waals surface area contributed by atoms with Crippen LogP contribution in [-0.4, -0.2) is 29.8 Å². The van der Waals surface area contributed by atoms with Crippen molar-refractivity contribution in [2.45, 2.75) is 31.6 Å². The molecule has 6 heteroatoms. The van der Waals surface area contributed by atoms with E-state index in [0.717, 1.165) is 11.1 Å². The average molecular weight is 346 g/mol. The molecule has 2 aromatic rings. The number of rotatable bonds is 5. The van der Waals surface area contributed by atoms with Gasteiger partial charge in [-0.25, -0.2) is 8.42 Å². The van der Waals surface area contributed by atoms with Gasteiger partial charge < -0.3 is 5.32 Å². The largest absolute Gasteiger partial charge is 0.344 e. The van der Waals surface area contributed by atoms with Crippen molar-refractivity contribution in [3.8, 4) is 0 Å². The molecule has 1 aromatic heterocycles. The Morgan fingerprint density at radius 2 is 1.58 bits per heavy atom. The number of amides is 1. The maximum absolute atomic E-state index is 12.4. The summed E-state index contributed by atoms with van der Waals surface area (Å²) in [6.07, 6.45) is 3.28. The highest BCUT2D eigenvalue weighted by Crippen LogP contribution is 2.22. The molecule has 1 heterocycles. The molecule has 0 bridgehead atoms. The highest BCUT2D eigenvalue weighted by Gasteiger charge is 2.32. The molecule has 2 rings (SSSR count). The van der Waals surface area contributed by atoms with Gasteiger partial charge in [0.2, 0.25) is 5.91 Å². The number of hydrogen-bond acceptors (Lipinski definition) is 4. The molecule has 1 atom stereocenters. The minimum Gasteiger partial charge on any atom is -0.344 e. The summed E-state index contributed by atoms with van der Waals surface area (Å²) in [7, 11) is -3.53. The van der Waals surface area contributed by atoms with Gasteiger partial charge in [-0.1, -0.05) is 30.3 Å². The first-order chi connectivity index (χ1) is 11.2. The number of sulfone groups is 1. The van der Waals surface area contributed by atoms with Gasteiger partial charge in [-0.3, -0.25) is 9.78 Å². The maximum atomic E-state index is 12.4. The zero-order valence-electron chi connectivity index (χ0n) is 14.1. The fourth-order valence-electron chi connectivity index (χ4n) is 2.15. The van der Waals surface area contributed by atoms with Crippen molar-refractivity contribution in [3.63, 3.8) is 0 Å². The van der Waals surface area contributed by atoms with Crippen molar-refractivity contribution in [1.29, 1.82) is 0 Å². The zero-order valence-corrected chi connectivity index (χ0v) is 14.9. The van der Waals surface area contributed by atoms with Crippen LogP contribution in [-0.2, 0) is 14.6 Å². The lowest BCUT2D eigenvalue weighted by atomic mass is 10.00. The van der Waals surface area contributed by atoms with Gasteiger partial charge in [-0.05, 0) is 44.0 Å². The van der Waals surface area contributed by atoms with E-state index in [9.17, 15) is 13.2 Å². The van der Waals surface area contributed by atoms with Gasteiger partial charge in [0.1, 0.15) is 5.75 Å². The molecule has 0 saturated heterocycles. The topological polar surface area (TPSA) is 76.1 Å². The lowest BCUT2D eigenvalue weighted by Gasteiger charge is -2.22. The number of carbonyl (C=O) groups is 1. The zero-order chi connectivity index (χ0) is 17.8. The lowest BCUT2D eigenvalue weighted by Crippen LogP contribution is -2.39. The summed E-state index contributed by atoms with van der Waals surface area (Å²) in [6.45, 7) is 4.77. The van der Waals surface area contributed by atoms with E-state index in [1.807, 2.05) is 30.3 Å². The Kier molecular flexibility index (Phi) is 5.39. The summed E-state index contributed by atoms with van der Waals surface area (Å²) in [5.41, 5.74) is 1.72. The van der Waals surface area contributed by atoms with Crippen molar-refractivity contribution in [2.24, 2.45) is 0 Å². The number of nitrogens with zero attached hydrogens (tertiary/aromatic N) is 1. The van der Waals surface area contributed by atoms with Crippen LogP contribution in [0.25, 0.3) is 0 Å². The minimum absolute atomic E-state index is 0.420. The van der Waals surface area contributed by atoms with E-state index in [1.54, 1.807) is 45.3 Å². The van der Waals surface area contributed by atoms with Crippen molar-refractivity contribution in [3.05, 3.63) is 66.0 Å². The predicted molar refractivity (Wildman–Crippen MR) is 94.2 cm³/mol. The van der Waals surface area contributed by atoms with Crippen LogP contribution in [0.1, 0.15) is 37.9 Å².